The van der Waals surface area contributed by atoms with Gasteiger partial charge in [0.25, 0.3) is 0 Å². The first kappa shape index (κ1) is 17.8. The number of rotatable bonds is 7. The summed E-state index contributed by atoms with van der Waals surface area (Å²) in [6.45, 7) is 4.60. The summed E-state index contributed by atoms with van der Waals surface area (Å²) in [7, 11) is 0. The highest BCUT2D eigenvalue weighted by atomic mass is 16.2. The topological polar surface area (TPSA) is 25.2 Å². The van der Waals surface area contributed by atoms with Gasteiger partial charge in [-0.15, -0.1) is 0 Å². The summed E-state index contributed by atoms with van der Waals surface area (Å²) in [5, 5.41) is 0. The quantitative estimate of drug-likeness (QED) is 0.708. The third kappa shape index (κ3) is 4.75. The van der Waals surface area contributed by atoms with Crippen LogP contribution in [0.15, 0.2) is 48.7 Å². The van der Waals surface area contributed by atoms with E-state index in [2.05, 4.69) is 59.0 Å². The lowest BCUT2D eigenvalue weighted by Crippen LogP contribution is -2.37. The van der Waals surface area contributed by atoms with Gasteiger partial charge in [-0.1, -0.05) is 56.5 Å². The summed E-state index contributed by atoms with van der Waals surface area (Å²) >= 11 is 0. The summed E-state index contributed by atoms with van der Waals surface area (Å²) in [5.74, 6) is 0.617. The van der Waals surface area contributed by atoms with Crippen LogP contribution in [0.4, 0.5) is 0 Å². The number of benzene rings is 1. The molecule has 1 aliphatic rings. The first-order valence-corrected chi connectivity index (χ1v) is 9.74. The lowest BCUT2D eigenvalue weighted by molar-refractivity contribution is -0.137. The fourth-order valence-corrected chi connectivity index (χ4v) is 3.87. The number of hydrogen-bond acceptors (Lipinski definition) is 1. The average Bonchev–Trinajstić information content (AvgIpc) is 3.09. The molecule has 0 N–H and O–H groups in total. The monoisotopic (exact) mass is 338 g/mol. The molecule has 134 valence electrons. The van der Waals surface area contributed by atoms with Crippen LogP contribution in [-0.4, -0.2) is 21.9 Å². The predicted molar refractivity (Wildman–Crippen MR) is 102 cm³/mol. The Morgan fingerprint density at radius 3 is 2.56 bits per heavy atom. The van der Waals surface area contributed by atoms with E-state index in [0.29, 0.717) is 5.91 Å². The van der Waals surface area contributed by atoms with Crippen LogP contribution in [0.3, 0.4) is 0 Å². The number of nitrogens with zero attached hydrogens (tertiary/aromatic N) is 2. The largest absolute Gasteiger partial charge is 0.345 e. The van der Waals surface area contributed by atoms with Gasteiger partial charge < -0.3 is 9.47 Å². The maximum Gasteiger partial charge on any atom is 0.226 e. The van der Waals surface area contributed by atoms with Crippen molar-refractivity contribution in [2.24, 2.45) is 5.92 Å². The molecular weight excluding hydrogens is 308 g/mol. The minimum atomic E-state index is 0.248. The van der Waals surface area contributed by atoms with E-state index in [1.807, 2.05) is 6.07 Å². The van der Waals surface area contributed by atoms with Crippen molar-refractivity contribution in [3.05, 3.63) is 59.9 Å². The minimum absolute atomic E-state index is 0.248. The van der Waals surface area contributed by atoms with Crippen molar-refractivity contribution in [1.82, 2.24) is 9.47 Å². The minimum Gasteiger partial charge on any atom is -0.345 e. The van der Waals surface area contributed by atoms with Gasteiger partial charge in [-0.25, -0.2) is 0 Å². The van der Waals surface area contributed by atoms with Crippen LogP contribution in [0.2, 0.25) is 0 Å². The van der Waals surface area contributed by atoms with E-state index in [1.165, 1.54) is 30.5 Å². The van der Waals surface area contributed by atoms with E-state index < -0.39 is 0 Å². The highest BCUT2D eigenvalue weighted by Gasteiger charge is 2.26. The zero-order chi connectivity index (χ0) is 17.5. The lowest BCUT2D eigenvalue weighted by Gasteiger charge is -2.29. The van der Waals surface area contributed by atoms with Crippen LogP contribution in [-0.2, 0) is 17.9 Å². The van der Waals surface area contributed by atoms with E-state index in [9.17, 15) is 4.79 Å². The van der Waals surface area contributed by atoms with Gasteiger partial charge in [0, 0.05) is 30.9 Å². The summed E-state index contributed by atoms with van der Waals surface area (Å²) in [6, 6.07) is 14.8. The normalized spacial score (nSPS) is 15.2. The molecule has 0 radical (unpaired) electrons. The Balaban J connectivity index is 1.70. The van der Waals surface area contributed by atoms with Crippen molar-refractivity contribution >= 4 is 5.91 Å². The van der Waals surface area contributed by atoms with Crippen molar-refractivity contribution in [2.75, 3.05) is 6.54 Å². The highest BCUT2D eigenvalue weighted by molar-refractivity contribution is 5.78. The molecule has 2 aromatic rings. The molecule has 1 heterocycles. The van der Waals surface area contributed by atoms with Gasteiger partial charge in [-0.2, -0.15) is 0 Å². The maximum atomic E-state index is 13.0. The molecule has 1 aliphatic carbocycles. The van der Waals surface area contributed by atoms with E-state index in [4.69, 9.17) is 0 Å². The van der Waals surface area contributed by atoms with Gasteiger partial charge in [0.2, 0.25) is 5.91 Å². The van der Waals surface area contributed by atoms with Gasteiger partial charge >= 0.3 is 0 Å². The molecule has 1 aromatic carbocycles. The summed E-state index contributed by atoms with van der Waals surface area (Å²) in [4.78, 5) is 15.1. The Kier molecular flexibility index (Phi) is 6.32. The molecule has 0 aliphatic heterocycles. The smallest absolute Gasteiger partial charge is 0.226 e. The van der Waals surface area contributed by atoms with Crippen LogP contribution in [0.25, 0.3) is 0 Å². The Bertz CT molecular complexity index is 656. The van der Waals surface area contributed by atoms with Crippen molar-refractivity contribution in [3.8, 4) is 0 Å². The highest BCUT2D eigenvalue weighted by Crippen LogP contribution is 2.26. The second kappa shape index (κ2) is 8.89. The molecule has 0 unspecified atom stereocenters. The Hall–Kier alpha value is -2.03. The van der Waals surface area contributed by atoms with Crippen LogP contribution in [0.5, 0.6) is 0 Å². The predicted octanol–water partition coefficient (Wildman–Crippen LogP) is 4.86. The van der Waals surface area contributed by atoms with Crippen molar-refractivity contribution in [1.29, 1.82) is 0 Å². The first-order valence-electron chi connectivity index (χ1n) is 9.74. The fourth-order valence-electron chi connectivity index (χ4n) is 3.87. The standard InChI is InChI=1S/C22H30N2O/c1-2-15-24(22(25)20-12-7-4-8-13-20)18-21-14-9-16-23(21)17-19-10-5-3-6-11-19/h3,5-6,9-11,14,16,20H,2,4,7-8,12-13,15,17-18H2,1H3. The molecule has 0 spiro atoms. The van der Waals surface area contributed by atoms with Gasteiger partial charge in [0.15, 0.2) is 0 Å². The van der Waals surface area contributed by atoms with E-state index in [-0.39, 0.29) is 5.92 Å². The number of carbonyl (C=O) groups is 1. The van der Waals surface area contributed by atoms with Gasteiger partial charge in [-0.05, 0) is 37.0 Å². The number of aromatic nitrogens is 1. The molecule has 0 atom stereocenters. The van der Waals surface area contributed by atoms with Crippen LogP contribution < -0.4 is 0 Å². The van der Waals surface area contributed by atoms with Gasteiger partial charge in [0.05, 0.1) is 6.54 Å². The molecular formula is C22H30N2O. The van der Waals surface area contributed by atoms with Gasteiger partial charge in [-0.3, -0.25) is 4.79 Å². The first-order chi connectivity index (χ1) is 12.3. The summed E-state index contributed by atoms with van der Waals surface area (Å²) in [5.41, 5.74) is 2.52. The van der Waals surface area contributed by atoms with E-state index in [0.717, 1.165) is 38.9 Å². The van der Waals surface area contributed by atoms with E-state index in [1.54, 1.807) is 0 Å². The lowest BCUT2D eigenvalue weighted by atomic mass is 9.88. The zero-order valence-corrected chi connectivity index (χ0v) is 15.4. The molecule has 1 aromatic heterocycles. The molecule has 0 bridgehead atoms. The zero-order valence-electron chi connectivity index (χ0n) is 15.4. The molecule has 3 nitrogen and oxygen atoms in total. The molecule has 1 amide bonds. The molecule has 0 saturated heterocycles. The third-order valence-corrected chi connectivity index (χ3v) is 5.23. The molecule has 3 rings (SSSR count). The maximum absolute atomic E-state index is 13.0. The molecule has 3 heteroatoms. The average molecular weight is 338 g/mol. The van der Waals surface area contributed by atoms with Gasteiger partial charge in [0.1, 0.15) is 0 Å². The Morgan fingerprint density at radius 1 is 1.08 bits per heavy atom. The van der Waals surface area contributed by atoms with Crippen LogP contribution in [0.1, 0.15) is 56.7 Å². The second-order valence-corrected chi connectivity index (χ2v) is 7.21. The number of hydrogen-bond donors (Lipinski definition) is 0. The third-order valence-electron chi connectivity index (χ3n) is 5.23. The fraction of sp³-hybridized carbons (Fsp3) is 0.500. The van der Waals surface area contributed by atoms with Crippen LogP contribution in [0, 0.1) is 5.92 Å². The molecule has 25 heavy (non-hydrogen) atoms. The number of carbonyl (C=O) groups excluding carboxylic acids is 1. The summed E-state index contributed by atoms with van der Waals surface area (Å²) in [6.07, 6.45) is 8.99. The summed E-state index contributed by atoms with van der Waals surface area (Å²) < 4.78 is 2.27. The van der Waals surface area contributed by atoms with Crippen molar-refractivity contribution < 1.29 is 4.79 Å². The Morgan fingerprint density at radius 2 is 1.84 bits per heavy atom. The SMILES string of the molecule is CCCN(Cc1cccn1Cc1ccccc1)C(=O)C1CCCCC1. The second-order valence-electron chi connectivity index (χ2n) is 7.21. The van der Waals surface area contributed by atoms with E-state index >= 15 is 0 Å². The van der Waals surface area contributed by atoms with Crippen molar-refractivity contribution in [3.63, 3.8) is 0 Å². The molecule has 1 fully saturated rings. The number of amides is 1. The molecule has 1 saturated carbocycles. The van der Waals surface area contributed by atoms with Crippen molar-refractivity contribution in [2.45, 2.75) is 58.5 Å². The van der Waals surface area contributed by atoms with Crippen LogP contribution >= 0.6 is 0 Å². The Labute approximate surface area is 151 Å².